The lowest BCUT2D eigenvalue weighted by atomic mass is 10.0. The second-order valence-electron chi connectivity index (χ2n) is 5.45. The van der Waals surface area contributed by atoms with Crippen molar-refractivity contribution in [1.29, 1.82) is 0 Å². The van der Waals surface area contributed by atoms with Gasteiger partial charge in [-0.3, -0.25) is 9.69 Å². The molecule has 21 heavy (non-hydrogen) atoms. The van der Waals surface area contributed by atoms with Gasteiger partial charge in [0.05, 0.1) is 0 Å². The maximum absolute atomic E-state index is 11.7. The molecule has 0 fully saturated rings. The Morgan fingerprint density at radius 3 is 2.52 bits per heavy atom. The Labute approximate surface area is 125 Å². The quantitative estimate of drug-likeness (QED) is 0.783. The first-order valence-electron chi connectivity index (χ1n) is 7.69. The Bertz CT molecular complexity index is 585. The van der Waals surface area contributed by atoms with Crippen LogP contribution in [0.15, 0.2) is 30.5 Å². The van der Waals surface area contributed by atoms with E-state index in [1.165, 1.54) is 0 Å². The highest BCUT2D eigenvalue weighted by Gasteiger charge is 2.25. The zero-order valence-corrected chi connectivity index (χ0v) is 12.8. The molecule has 0 bridgehead atoms. The van der Waals surface area contributed by atoms with Crippen molar-refractivity contribution in [2.45, 2.75) is 39.2 Å². The average molecular weight is 288 g/mol. The van der Waals surface area contributed by atoms with E-state index in [0.717, 1.165) is 42.4 Å². The molecule has 0 aliphatic carbocycles. The van der Waals surface area contributed by atoms with E-state index in [4.69, 9.17) is 0 Å². The minimum atomic E-state index is -0.734. The van der Waals surface area contributed by atoms with Crippen LogP contribution < -0.4 is 0 Å². The molecular formula is C17H24N2O2. The number of aromatic amines is 1. The predicted octanol–water partition coefficient (Wildman–Crippen LogP) is 3.29. The highest BCUT2D eigenvalue weighted by molar-refractivity contribution is 5.84. The Balaban J connectivity index is 2.24. The van der Waals surface area contributed by atoms with E-state index in [1.54, 1.807) is 0 Å². The molecule has 1 heterocycles. The number of para-hydroxylation sites is 1. The summed E-state index contributed by atoms with van der Waals surface area (Å²) >= 11 is 0. The van der Waals surface area contributed by atoms with Crippen LogP contribution in [-0.2, 0) is 11.2 Å². The van der Waals surface area contributed by atoms with Crippen molar-refractivity contribution >= 4 is 16.9 Å². The lowest BCUT2D eigenvalue weighted by Gasteiger charge is -2.28. The van der Waals surface area contributed by atoms with E-state index in [9.17, 15) is 9.90 Å². The first-order chi connectivity index (χ1) is 10.2. The van der Waals surface area contributed by atoms with Gasteiger partial charge in [-0.15, -0.1) is 0 Å². The van der Waals surface area contributed by atoms with Crippen molar-refractivity contribution in [3.8, 4) is 0 Å². The fraction of sp³-hybridized carbons (Fsp3) is 0.471. The highest BCUT2D eigenvalue weighted by atomic mass is 16.4. The van der Waals surface area contributed by atoms with Crippen molar-refractivity contribution in [3.05, 3.63) is 36.0 Å². The van der Waals surface area contributed by atoms with Crippen LogP contribution in [0.1, 0.15) is 32.3 Å². The summed E-state index contributed by atoms with van der Waals surface area (Å²) in [5.41, 5.74) is 2.14. The Hall–Kier alpha value is -1.81. The van der Waals surface area contributed by atoms with Gasteiger partial charge >= 0.3 is 5.97 Å². The topological polar surface area (TPSA) is 56.3 Å². The van der Waals surface area contributed by atoms with Crippen LogP contribution in [0.3, 0.4) is 0 Å². The summed E-state index contributed by atoms with van der Waals surface area (Å²) in [5, 5.41) is 10.7. The summed E-state index contributed by atoms with van der Waals surface area (Å²) in [6, 6.07) is 7.58. The molecule has 0 amide bonds. The number of aromatic nitrogens is 1. The lowest BCUT2D eigenvalue weighted by molar-refractivity contribution is -0.143. The molecule has 1 atom stereocenters. The van der Waals surface area contributed by atoms with Crippen molar-refractivity contribution in [1.82, 2.24) is 9.88 Å². The molecule has 1 unspecified atom stereocenters. The largest absolute Gasteiger partial charge is 0.480 e. The Morgan fingerprint density at radius 2 is 1.90 bits per heavy atom. The molecule has 4 heteroatoms. The number of carbonyl (C=O) groups is 1. The summed E-state index contributed by atoms with van der Waals surface area (Å²) in [7, 11) is 0. The summed E-state index contributed by atoms with van der Waals surface area (Å²) in [4.78, 5) is 17.0. The number of H-pyrrole nitrogens is 1. The molecule has 114 valence electrons. The fourth-order valence-electron chi connectivity index (χ4n) is 2.88. The van der Waals surface area contributed by atoms with E-state index in [2.05, 4.69) is 23.7 Å². The van der Waals surface area contributed by atoms with E-state index in [-0.39, 0.29) is 0 Å². The normalized spacial score (nSPS) is 12.9. The molecule has 2 N–H and O–H groups in total. The molecule has 0 aliphatic rings. The van der Waals surface area contributed by atoms with Crippen LogP contribution >= 0.6 is 0 Å². The van der Waals surface area contributed by atoms with Crippen LogP contribution in [0.2, 0.25) is 0 Å². The second kappa shape index (κ2) is 7.27. The van der Waals surface area contributed by atoms with Crippen molar-refractivity contribution < 1.29 is 9.90 Å². The number of fused-ring (bicyclic) bond motifs is 1. The number of rotatable bonds is 8. The Morgan fingerprint density at radius 1 is 1.24 bits per heavy atom. The van der Waals surface area contributed by atoms with Gasteiger partial charge in [0.15, 0.2) is 0 Å². The van der Waals surface area contributed by atoms with Gasteiger partial charge in [0.1, 0.15) is 6.04 Å². The number of hydrogen-bond acceptors (Lipinski definition) is 2. The highest BCUT2D eigenvalue weighted by Crippen LogP contribution is 2.21. The minimum absolute atomic E-state index is 0.455. The van der Waals surface area contributed by atoms with Crippen LogP contribution in [0, 0.1) is 0 Å². The molecule has 0 saturated carbocycles. The third-order valence-electron chi connectivity index (χ3n) is 3.84. The Kier molecular flexibility index (Phi) is 5.39. The molecule has 2 aromatic rings. The second-order valence-corrected chi connectivity index (χ2v) is 5.45. The molecule has 4 nitrogen and oxygen atoms in total. The van der Waals surface area contributed by atoms with E-state index in [0.29, 0.717) is 6.42 Å². The van der Waals surface area contributed by atoms with Crippen LogP contribution in [0.4, 0.5) is 0 Å². The molecule has 0 saturated heterocycles. The van der Waals surface area contributed by atoms with Gasteiger partial charge in [0, 0.05) is 23.5 Å². The molecule has 0 radical (unpaired) electrons. The molecule has 0 spiro atoms. The number of benzene rings is 1. The van der Waals surface area contributed by atoms with Gasteiger partial charge in [-0.25, -0.2) is 0 Å². The van der Waals surface area contributed by atoms with Crippen LogP contribution in [0.5, 0.6) is 0 Å². The van der Waals surface area contributed by atoms with E-state index in [1.807, 2.05) is 30.5 Å². The molecule has 0 aliphatic heterocycles. The SMILES string of the molecule is CCCN(CCC)C(Cc1c[nH]c2ccccc12)C(=O)O. The van der Waals surface area contributed by atoms with Gasteiger partial charge in [-0.05, 0) is 37.6 Å². The van der Waals surface area contributed by atoms with Gasteiger partial charge in [0.2, 0.25) is 0 Å². The van der Waals surface area contributed by atoms with Gasteiger partial charge < -0.3 is 10.1 Å². The zero-order chi connectivity index (χ0) is 15.2. The van der Waals surface area contributed by atoms with Crippen LogP contribution in [0.25, 0.3) is 10.9 Å². The average Bonchev–Trinajstić information content (AvgIpc) is 2.87. The number of carboxylic acids is 1. The maximum atomic E-state index is 11.7. The van der Waals surface area contributed by atoms with E-state index >= 15 is 0 Å². The lowest BCUT2D eigenvalue weighted by Crippen LogP contribution is -2.43. The first-order valence-corrected chi connectivity index (χ1v) is 7.69. The summed E-state index contributed by atoms with van der Waals surface area (Å²) in [5.74, 6) is -0.734. The van der Waals surface area contributed by atoms with Crippen molar-refractivity contribution in [2.24, 2.45) is 0 Å². The number of nitrogens with zero attached hydrogens (tertiary/aromatic N) is 1. The van der Waals surface area contributed by atoms with E-state index < -0.39 is 12.0 Å². The first kappa shape index (κ1) is 15.6. The molecule has 2 rings (SSSR count). The summed E-state index contributed by atoms with van der Waals surface area (Å²) in [6.45, 7) is 5.83. The third-order valence-corrected chi connectivity index (χ3v) is 3.84. The zero-order valence-electron chi connectivity index (χ0n) is 12.8. The fourth-order valence-corrected chi connectivity index (χ4v) is 2.88. The molecule has 1 aromatic carbocycles. The number of nitrogens with one attached hydrogen (secondary N) is 1. The van der Waals surface area contributed by atoms with Crippen molar-refractivity contribution in [2.75, 3.05) is 13.1 Å². The van der Waals surface area contributed by atoms with Crippen molar-refractivity contribution in [3.63, 3.8) is 0 Å². The van der Waals surface area contributed by atoms with Gasteiger partial charge in [-0.2, -0.15) is 0 Å². The summed E-state index contributed by atoms with van der Waals surface area (Å²) in [6.07, 6.45) is 4.42. The van der Waals surface area contributed by atoms with Gasteiger partial charge in [-0.1, -0.05) is 32.0 Å². The number of aliphatic carboxylic acids is 1. The molecule has 1 aromatic heterocycles. The standard InChI is InChI=1S/C17H24N2O2/c1-3-9-19(10-4-2)16(17(20)21)11-13-12-18-15-8-6-5-7-14(13)15/h5-8,12,16,18H,3-4,9-11H2,1-2H3,(H,20,21). The summed E-state index contributed by atoms with van der Waals surface area (Å²) < 4.78 is 0. The number of carboxylic acid groups (broad SMARTS) is 1. The number of hydrogen-bond donors (Lipinski definition) is 2. The monoisotopic (exact) mass is 288 g/mol. The third kappa shape index (κ3) is 3.64. The minimum Gasteiger partial charge on any atom is -0.480 e. The smallest absolute Gasteiger partial charge is 0.321 e. The van der Waals surface area contributed by atoms with Crippen LogP contribution in [-0.4, -0.2) is 40.1 Å². The molecular weight excluding hydrogens is 264 g/mol. The van der Waals surface area contributed by atoms with Gasteiger partial charge in [0.25, 0.3) is 0 Å². The maximum Gasteiger partial charge on any atom is 0.321 e. The predicted molar refractivity (Wildman–Crippen MR) is 85.6 cm³/mol.